The van der Waals surface area contributed by atoms with E-state index in [2.05, 4.69) is 5.32 Å². The third-order valence-corrected chi connectivity index (χ3v) is 5.60. The van der Waals surface area contributed by atoms with Gasteiger partial charge in [-0.15, -0.1) is 0 Å². The number of likely N-dealkylation sites (tertiary alicyclic amines) is 1. The molecule has 2 aromatic rings. The minimum atomic E-state index is -0.925. The van der Waals surface area contributed by atoms with Crippen molar-refractivity contribution < 1.29 is 24.2 Å². The predicted octanol–water partition coefficient (Wildman–Crippen LogP) is 2.45. The van der Waals surface area contributed by atoms with E-state index in [1.807, 2.05) is 36.4 Å². The highest BCUT2D eigenvalue weighted by Crippen LogP contribution is 2.50. The normalized spacial score (nSPS) is 25.1. The Morgan fingerprint density at radius 2 is 2.11 bits per heavy atom. The molecule has 7 nitrogen and oxygen atoms in total. The Morgan fingerprint density at radius 1 is 1.26 bits per heavy atom. The third-order valence-electron chi connectivity index (χ3n) is 5.60. The van der Waals surface area contributed by atoms with Gasteiger partial charge in [0.1, 0.15) is 29.6 Å². The number of hydrogen-bond acceptors (Lipinski definition) is 4. The zero-order chi connectivity index (χ0) is 18.6. The minimum absolute atomic E-state index is 0.0796. The number of carboxylic acid groups (broad SMARTS) is 1. The number of para-hydroxylation sites is 1. The fraction of sp³-hybridized carbons (Fsp3) is 0.300. The Kier molecular flexibility index (Phi) is 3.34. The van der Waals surface area contributed by atoms with Crippen LogP contribution in [0.25, 0.3) is 0 Å². The molecule has 0 radical (unpaired) electrons. The number of nitrogens with one attached hydrogen (secondary N) is 1. The van der Waals surface area contributed by atoms with Gasteiger partial charge < -0.3 is 24.8 Å². The highest BCUT2D eigenvalue weighted by molar-refractivity contribution is 6.09. The summed E-state index contributed by atoms with van der Waals surface area (Å²) in [6.07, 6.45) is -0.444. The molecule has 7 heteroatoms. The van der Waals surface area contributed by atoms with Gasteiger partial charge in [-0.25, -0.2) is 4.79 Å². The molecule has 3 heterocycles. The van der Waals surface area contributed by atoms with Gasteiger partial charge in [0, 0.05) is 30.3 Å². The molecule has 1 saturated heterocycles. The smallest absolute Gasteiger partial charge is 0.407 e. The molecule has 5 rings (SSSR count). The molecule has 1 unspecified atom stereocenters. The molecular formula is C20H18N2O5. The van der Waals surface area contributed by atoms with Crippen LogP contribution in [0.4, 0.5) is 10.5 Å². The lowest BCUT2D eigenvalue weighted by Gasteiger charge is -2.20. The van der Waals surface area contributed by atoms with Gasteiger partial charge in [-0.2, -0.15) is 0 Å². The summed E-state index contributed by atoms with van der Waals surface area (Å²) in [5, 5.41) is 12.0. The molecule has 2 N–H and O–H groups in total. The van der Waals surface area contributed by atoms with Crippen molar-refractivity contribution in [1.29, 1.82) is 0 Å². The van der Waals surface area contributed by atoms with E-state index in [9.17, 15) is 9.59 Å². The van der Waals surface area contributed by atoms with Crippen molar-refractivity contribution in [2.24, 2.45) is 0 Å². The summed E-state index contributed by atoms with van der Waals surface area (Å²) in [5.74, 6) is 1.17. The second kappa shape index (κ2) is 5.64. The van der Waals surface area contributed by atoms with Crippen molar-refractivity contribution in [3.8, 4) is 11.5 Å². The third kappa shape index (κ3) is 2.27. The van der Waals surface area contributed by atoms with E-state index >= 15 is 0 Å². The van der Waals surface area contributed by atoms with Crippen LogP contribution >= 0.6 is 0 Å². The molecule has 27 heavy (non-hydrogen) atoms. The predicted molar refractivity (Wildman–Crippen MR) is 96.4 cm³/mol. The number of fused-ring (bicyclic) bond motifs is 4. The number of hydrogen-bond donors (Lipinski definition) is 2. The summed E-state index contributed by atoms with van der Waals surface area (Å²) in [6.45, 7) is 1.08. The molecule has 3 aliphatic rings. The fourth-order valence-electron chi connectivity index (χ4n) is 4.23. The standard InChI is InChI=1S/C20H18N2O5/c23-18-20(14-3-1-2-4-16(14)21-18)11-26-17-9-12(5-6-15(17)20)27-13-7-8-22(10-13)19(24)25/h1-6,9,13H,7-8,10-11H2,(H,21,23)(H,24,25)/t13-,20?/m0/s1. The van der Waals surface area contributed by atoms with Crippen LogP contribution in [-0.4, -0.2) is 47.8 Å². The number of amides is 2. The summed E-state index contributed by atoms with van der Waals surface area (Å²) in [5.41, 5.74) is 1.75. The van der Waals surface area contributed by atoms with Crippen LogP contribution in [-0.2, 0) is 10.2 Å². The Morgan fingerprint density at radius 3 is 2.93 bits per heavy atom. The van der Waals surface area contributed by atoms with Crippen LogP contribution in [0.1, 0.15) is 17.5 Å². The number of rotatable bonds is 2. The Hall–Kier alpha value is -3.22. The van der Waals surface area contributed by atoms with Crippen molar-refractivity contribution >= 4 is 17.7 Å². The van der Waals surface area contributed by atoms with E-state index in [1.54, 1.807) is 6.07 Å². The first-order valence-corrected chi connectivity index (χ1v) is 8.91. The van der Waals surface area contributed by atoms with Gasteiger partial charge in [0.25, 0.3) is 0 Å². The van der Waals surface area contributed by atoms with Crippen LogP contribution in [0, 0.1) is 0 Å². The number of carbonyl (C=O) groups excluding carboxylic acids is 1. The van der Waals surface area contributed by atoms with Gasteiger partial charge in [-0.05, 0) is 17.7 Å². The molecule has 2 amide bonds. The van der Waals surface area contributed by atoms with Crippen LogP contribution in [0.5, 0.6) is 11.5 Å². The first-order valence-electron chi connectivity index (χ1n) is 8.91. The molecule has 0 bridgehead atoms. The number of benzene rings is 2. The fourth-order valence-corrected chi connectivity index (χ4v) is 4.23. The number of carbonyl (C=O) groups is 2. The van der Waals surface area contributed by atoms with Gasteiger partial charge >= 0.3 is 6.09 Å². The van der Waals surface area contributed by atoms with Crippen LogP contribution < -0.4 is 14.8 Å². The van der Waals surface area contributed by atoms with E-state index in [0.717, 1.165) is 16.8 Å². The summed E-state index contributed by atoms with van der Waals surface area (Å²) >= 11 is 0. The highest BCUT2D eigenvalue weighted by Gasteiger charge is 2.53. The Balaban J connectivity index is 1.43. The van der Waals surface area contributed by atoms with Crippen LogP contribution in [0.3, 0.4) is 0 Å². The largest absolute Gasteiger partial charge is 0.491 e. The maximum absolute atomic E-state index is 12.8. The van der Waals surface area contributed by atoms with Crippen molar-refractivity contribution in [3.05, 3.63) is 53.6 Å². The molecule has 3 aliphatic heterocycles. The Labute approximate surface area is 155 Å². The van der Waals surface area contributed by atoms with Crippen LogP contribution in [0.2, 0.25) is 0 Å². The summed E-state index contributed by atoms with van der Waals surface area (Å²) < 4.78 is 11.8. The summed E-state index contributed by atoms with van der Waals surface area (Å²) in [6, 6.07) is 13.2. The second-order valence-corrected chi connectivity index (χ2v) is 7.11. The van der Waals surface area contributed by atoms with Gasteiger partial charge in [-0.1, -0.05) is 24.3 Å². The zero-order valence-corrected chi connectivity index (χ0v) is 14.5. The first-order chi connectivity index (χ1) is 13.1. The van der Waals surface area contributed by atoms with E-state index in [1.165, 1.54) is 4.90 Å². The van der Waals surface area contributed by atoms with E-state index in [-0.39, 0.29) is 18.6 Å². The molecular weight excluding hydrogens is 348 g/mol. The number of nitrogens with zero attached hydrogens (tertiary/aromatic N) is 1. The topological polar surface area (TPSA) is 88.1 Å². The van der Waals surface area contributed by atoms with Crippen LogP contribution in [0.15, 0.2) is 42.5 Å². The molecule has 2 atom stereocenters. The molecule has 0 saturated carbocycles. The SMILES string of the molecule is O=C(O)N1CC[C@H](Oc2ccc3c(c2)OCC32C(=O)Nc3ccccc32)C1. The molecule has 2 aromatic carbocycles. The molecule has 1 fully saturated rings. The minimum Gasteiger partial charge on any atom is -0.491 e. The van der Waals surface area contributed by atoms with Crippen molar-refractivity contribution in [2.75, 3.05) is 25.0 Å². The summed E-state index contributed by atoms with van der Waals surface area (Å²) in [4.78, 5) is 25.2. The van der Waals surface area contributed by atoms with Gasteiger partial charge in [0.15, 0.2) is 0 Å². The number of anilines is 1. The van der Waals surface area contributed by atoms with Gasteiger partial charge in [0.05, 0.1) is 6.54 Å². The quantitative estimate of drug-likeness (QED) is 0.852. The zero-order valence-electron chi connectivity index (χ0n) is 14.5. The van der Waals surface area contributed by atoms with E-state index < -0.39 is 11.5 Å². The highest BCUT2D eigenvalue weighted by atomic mass is 16.5. The van der Waals surface area contributed by atoms with Crippen molar-refractivity contribution in [3.63, 3.8) is 0 Å². The second-order valence-electron chi connectivity index (χ2n) is 7.11. The average molecular weight is 366 g/mol. The van der Waals surface area contributed by atoms with Gasteiger partial charge in [0.2, 0.25) is 5.91 Å². The lowest BCUT2D eigenvalue weighted by Crippen LogP contribution is -2.37. The van der Waals surface area contributed by atoms with Crippen molar-refractivity contribution in [2.45, 2.75) is 17.9 Å². The molecule has 0 aromatic heterocycles. The monoisotopic (exact) mass is 366 g/mol. The van der Waals surface area contributed by atoms with Crippen molar-refractivity contribution in [1.82, 2.24) is 4.90 Å². The first kappa shape index (κ1) is 16.0. The average Bonchev–Trinajstić information content (AvgIpc) is 3.34. The molecule has 1 spiro atoms. The molecule has 0 aliphatic carbocycles. The van der Waals surface area contributed by atoms with Gasteiger partial charge in [-0.3, -0.25) is 4.79 Å². The maximum Gasteiger partial charge on any atom is 0.407 e. The van der Waals surface area contributed by atoms with E-state index in [0.29, 0.717) is 31.0 Å². The number of ether oxygens (including phenoxy) is 2. The lowest BCUT2D eigenvalue weighted by molar-refractivity contribution is -0.119. The Bertz CT molecular complexity index is 959. The summed E-state index contributed by atoms with van der Waals surface area (Å²) in [7, 11) is 0. The maximum atomic E-state index is 12.8. The van der Waals surface area contributed by atoms with E-state index in [4.69, 9.17) is 14.6 Å². The molecule has 138 valence electrons. The lowest BCUT2D eigenvalue weighted by atomic mass is 9.77.